The lowest BCUT2D eigenvalue weighted by atomic mass is 9.47. The average molecular weight is 458 g/mol. The Labute approximate surface area is 203 Å². The zero-order valence-electron chi connectivity index (χ0n) is 22.0. The van der Waals surface area contributed by atoms with Crippen LogP contribution in [0.5, 0.6) is 0 Å². The molecule has 0 aliphatic heterocycles. The van der Waals surface area contributed by atoms with Crippen LogP contribution in [0.15, 0.2) is 11.6 Å². The van der Waals surface area contributed by atoms with Crippen LogP contribution in [0.3, 0.4) is 0 Å². The molecule has 0 bridgehead atoms. The van der Waals surface area contributed by atoms with E-state index in [2.05, 4.69) is 33.8 Å². The van der Waals surface area contributed by atoms with Gasteiger partial charge < -0.3 is 10.8 Å². The summed E-state index contributed by atoms with van der Waals surface area (Å²) in [5.74, 6) is 5.08. The summed E-state index contributed by atoms with van der Waals surface area (Å²) in [6, 6.07) is 0. The van der Waals surface area contributed by atoms with Crippen molar-refractivity contribution in [2.45, 2.75) is 117 Å². The maximum absolute atomic E-state index is 11.9. The molecule has 0 amide bonds. The highest BCUT2D eigenvalue weighted by Crippen LogP contribution is 2.67. The smallest absolute Gasteiger partial charge is 0.134 e. The maximum atomic E-state index is 11.9. The average Bonchev–Trinajstić information content (AvgIpc) is 3.11. The molecule has 33 heavy (non-hydrogen) atoms. The fraction of sp³-hybridized carbons (Fsp3) is 0.900. The largest absolute Gasteiger partial charge is 0.393 e. The van der Waals surface area contributed by atoms with Crippen LogP contribution in [0.2, 0.25) is 0 Å². The first-order chi connectivity index (χ1) is 15.7. The van der Waals surface area contributed by atoms with Gasteiger partial charge in [-0.3, -0.25) is 4.79 Å². The fourth-order valence-corrected chi connectivity index (χ4v) is 9.36. The molecule has 9 atom stereocenters. The number of allylic oxidation sites excluding steroid dienone is 1. The molecule has 0 aromatic heterocycles. The van der Waals surface area contributed by atoms with E-state index >= 15 is 0 Å². The number of fused-ring (bicyclic) bond motifs is 5. The Bertz CT molecular complexity index is 731. The first kappa shape index (κ1) is 25.4. The van der Waals surface area contributed by atoms with E-state index < -0.39 is 0 Å². The summed E-state index contributed by atoms with van der Waals surface area (Å²) in [4.78, 5) is 11.9. The van der Waals surface area contributed by atoms with Crippen molar-refractivity contribution in [3.63, 3.8) is 0 Å². The minimum atomic E-state index is -0.104. The quantitative estimate of drug-likeness (QED) is 0.380. The Balaban J connectivity index is 1.35. The topological polar surface area (TPSA) is 63.3 Å². The molecule has 4 aliphatic rings. The van der Waals surface area contributed by atoms with Gasteiger partial charge in [-0.15, -0.1) is 0 Å². The van der Waals surface area contributed by atoms with E-state index in [9.17, 15) is 9.90 Å². The van der Waals surface area contributed by atoms with Gasteiger partial charge in [0.05, 0.1) is 6.10 Å². The molecule has 0 aromatic rings. The van der Waals surface area contributed by atoms with Crippen molar-refractivity contribution in [2.75, 3.05) is 6.54 Å². The minimum Gasteiger partial charge on any atom is -0.393 e. The van der Waals surface area contributed by atoms with Crippen molar-refractivity contribution in [1.82, 2.24) is 0 Å². The monoisotopic (exact) mass is 457 g/mol. The van der Waals surface area contributed by atoms with E-state index in [1.54, 1.807) is 5.57 Å². The van der Waals surface area contributed by atoms with Gasteiger partial charge in [-0.1, -0.05) is 58.6 Å². The summed E-state index contributed by atoms with van der Waals surface area (Å²) >= 11 is 0. The third-order valence-electron chi connectivity index (χ3n) is 11.2. The summed E-state index contributed by atoms with van der Waals surface area (Å²) in [5.41, 5.74) is 7.99. The molecule has 3 nitrogen and oxygen atoms in total. The van der Waals surface area contributed by atoms with Gasteiger partial charge in [0.15, 0.2) is 0 Å². The van der Waals surface area contributed by atoms with E-state index in [0.717, 1.165) is 42.4 Å². The molecule has 0 aromatic carbocycles. The van der Waals surface area contributed by atoms with Gasteiger partial charge in [0.2, 0.25) is 0 Å². The lowest BCUT2D eigenvalue weighted by Gasteiger charge is -2.58. The number of hydrogen-bond donors (Lipinski definition) is 2. The van der Waals surface area contributed by atoms with E-state index in [1.165, 1.54) is 57.8 Å². The minimum absolute atomic E-state index is 0.104. The lowest BCUT2D eigenvalue weighted by molar-refractivity contribution is -0.119. The molecule has 3 N–H and O–H groups in total. The normalized spacial score (nSPS) is 42.0. The Morgan fingerprint density at radius 2 is 1.91 bits per heavy atom. The van der Waals surface area contributed by atoms with Crippen molar-refractivity contribution in [1.29, 1.82) is 0 Å². The predicted molar refractivity (Wildman–Crippen MR) is 137 cm³/mol. The van der Waals surface area contributed by atoms with Gasteiger partial charge in [-0.25, -0.2) is 0 Å². The molecule has 3 heteroatoms. The first-order valence-electron chi connectivity index (χ1n) is 14.3. The molecule has 4 aliphatic carbocycles. The van der Waals surface area contributed by atoms with Crippen molar-refractivity contribution in [3.8, 4) is 0 Å². The van der Waals surface area contributed by atoms with Crippen LogP contribution < -0.4 is 5.73 Å². The van der Waals surface area contributed by atoms with Crippen LogP contribution in [-0.2, 0) is 4.79 Å². The van der Waals surface area contributed by atoms with Gasteiger partial charge in [0, 0.05) is 12.8 Å². The summed E-state index contributed by atoms with van der Waals surface area (Å²) in [5, 5.41) is 10.3. The van der Waals surface area contributed by atoms with Crippen LogP contribution in [0.4, 0.5) is 0 Å². The van der Waals surface area contributed by atoms with Gasteiger partial charge in [-0.05, 0) is 104 Å². The number of hydrogen-bond acceptors (Lipinski definition) is 3. The fourth-order valence-electron chi connectivity index (χ4n) is 9.36. The van der Waals surface area contributed by atoms with Gasteiger partial charge in [0.25, 0.3) is 0 Å². The van der Waals surface area contributed by atoms with Gasteiger partial charge in [-0.2, -0.15) is 0 Å². The number of nitrogens with two attached hydrogens (primary N) is 1. The van der Waals surface area contributed by atoms with Crippen LogP contribution in [0.25, 0.3) is 0 Å². The Hall–Kier alpha value is -0.670. The second-order valence-electron chi connectivity index (χ2n) is 13.2. The van der Waals surface area contributed by atoms with Crippen LogP contribution in [-0.4, -0.2) is 23.5 Å². The summed E-state index contributed by atoms with van der Waals surface area (Å²) in [7, 11) is 0. The summed E-state index contributed by atoms with van der Waals surface area (Å²) in [6.07, 6.45) is 17.5. The number of ketones is 1. The molecule has 4 rings (SSSR count). The molecule has 188 valence electrons. The Morgan fingerprint density at radius 1 is 1.12 bits per heavy atom. The van der Waals surface area contributed by atoms with Crippen LogP contribution in [0, 0.1) is 46.3 Å². The van der Waals surface area contributed by atoms with Crippen LogP contribution in [0.1, 0.15) is 111 Å². The molecule has 0 heterocycles. The molecule has 0 spiro atoms. The highest BCUT2D eigenvalue weighted by Gasteiger charge is 2.59. The molecule has 2 unspecified atom stereocenters. The molecule has 3 saturated carbocycles. The van der Waals surface area contributed by atoms with E-state index in [0.29, 0.717) is 41.9 Å². The second-order valence-corrected chi connectivity index (χ2v) is 13.2. The zero-order chi connectivity index (χ0) is 23.8. The molecular formula is C30H51NO2. The number of carbonyl (C=O) groups excluding carboxylic acids is 1. The Morgan fingerprint density at radius 3 is 2.67 bits per heavy atom. The van der Waals surface area contributed by atoms with Gasteiger partial charge in [0.1, 0.15) is 5.78 Å². The zero-order valence-corrected chi connectivity index (χ0v) is 22.0. The first-order valence-corrected chi connectivity index (χ1v) is 14.3. The standard InChI is InChI=1S/C30H51NO2/c1-20(18-24(33)14-17-31)6-5-7-21(2)26-10-11-27-25-9-8-22-19-23(32)12-15-29(22,3)28(25)13-16-30(26,27)4/h8,20-21,23,25-28,32H,5-7,9-19,31H2,1-4H3/t20?,21?,23-,25-,26+,27-,28-,29-,30+/m0/s1. The van der Waals surface area contributed by atoms with E-state index in [4.69, 9.17) is 5.73 Å². The summed E-state index contributed by atoms with van der Waals surface area (Å²) in [6.45, 7) is 10.4. The number of rotatable bonds is 9. The molecular weight excluding hydrogens is 406 g/mol. The van der Waals surface area contributed by atoms with E-state index in [-0.39, 0.29) is 6.10 Å². The van der Waals surface area contributed by atoms with Crippen molar-refractivity contribution in [2.24, 2.45) is 52.1 Å². The molecule has 0 saturated heterocycles. The third kappa shape index (κ3) is 4.88. The number of aliphatic hydroxyl groups is 1. The second kappa shape index (κ2) is 10.1. The van der Waals surface area contributed by atoms with E-state index in [1.807, 2.05) is 0 Å². The number of Topliss-reactive ketones (excluding diaryl/α,β-unsaturated/α-hetero) is 1. The van der Waals surface area contributed by atoms with Crippen LogP contribution >= 0.6 is 0 Å². The third-order valence-corrected chi connectivity index (χ3v) is 11.2. The number of carbonyl (C=O) groups is 1. The highest BCUT2D eigenvalue weighted by atomic mass is 16.3. The maximum Gasteiger partial charge on any atom is 0.134 e. The highest BCUT2D eigenvalue weighted by molar-refractivity contribution is 5.78. The Kier molecular flexibility index (Phi) is 7.81. The SMILES string of the molecule is CC(CCCC(C)[C@H]1CC[C@H]2[C@@H]3CC=C4C[C@@H](O)CC[C@]4(C)[C@H]3CC[C@]12C)CC(=O)CCN. The lowest BCUT2D eigenvalue weighted by Crippen LogP contribution is -2.50. The molecule has 0 radical (unpaired) electrons. The van der Waals surface area contributed by atoms with Crippen molar-refractivity contribution >= 4 is 5.78 Å². The van der Waals surface area contributed by atoms with Crippen molar-refractivity contribution < 1.29 is 9.90 Å². The van der Waals surface area contributed by atoms with Gasteiger partial charge >= 0.3 is 0 Å². The predicted octanol–water partition coefficient (Wildman–Crippen LogP) is 6.68. The summed E-state index contributed by atoms with van der Waals surface area (Å²) < 4.78 is 0. The van der Waals surface area contributed by atoms with Crippen molar-refractivity contribution in [3.05, 3.63) is 11.6 Å². The number of aliphatic hydroxyl groups excluding tert-OH is 1. The molecule has 3 fully saturated rings.